The van der Waals surface area contributed by atoms with E-state index in [-0.39, 0.29) is 30.3 Å². The van der Waals surface area contributed by atoms with Crippen LogP contribution < -0.4 is 16.4 Å². The number of hydrogen-bond acceptors (Lipinski definition) is 6. The molecule has 2 aliphatic heterocycles. The molecule has 4 N–H and O–H groups in total. The minimum Gasteiger partial charge on any atom is -0.326 e. The number of rotatable bonds is 4. The van der Waals surface area contributed by atoms with Crippen molar-refractivity contribution in [2.24, 2.45) is 11.7 Å². The molecule has 2 bridgehead atoms. The highest BCUT2D eigenvalue weighted by Gasteiger charge is 2.50. The smallest absolute Gasteiger partial charge is 0.262 e. The summed E-state index contributed by atoms with van der Waals surface area (Å²) in [5.74, 6) is -1.24. The van der Waals surface area contributed by atoms with E-state index in [1.807, 2.05) is 6.07 Å². The van der Waals surface area contributed by atoms with Gasteiger partial charge in [0.05, 0.1) is 11.1 Å². The van der Waals surface area contributed by atoms with Gasteiger partial charge in [0.1, 0.15) is 6.04 Å². The summed E-state index contributed by atoms with van der Waals surface area (Å²) in [6.45, 7) is 0.450. The molecule has 5 rings (SSSR count). The summed E-state index contributed by atoms with van der Waals surface area (Å²) < 4.78 is 0. The Hall–Kier alpha value is -2.58. The lowest BCUT2D eigenvalue weighted by atomic mass is 9.88. The number of nitrogens with one attached hydrogen (secondary N) is 2. The maximum atomic E-state index is 13.2. The van der Waals surface area contributed by atoms with Gasteiger partial charge in [-0.3, -0.25) is 29.4 Å². The van der Waals surface area contributed by atoms with E-state index in [0.717, 1.165) is 29.7 Å². The van der Waals surface area contributed by atoms with Crippen LogP contribution in [0.2, 0.25) is 0 Å². The molecular formula is C21H24N4O4. The number of nitrogens with two attached hydrogens (primary N) is 1. The lowest BCUT2D eigenvalue weighted by molar-refractivity contribution is -0.136. The third-order valence-electron chi connectivity index (χ3n) is 7.13. The van der Waals surface area contributed by atoms with E-state index in [0.29, 0.717) is 23.6 Å². The minimum absolute atomic E-state index is 0.0949. The molecule has 8 heteroatoms. The van der Waals surface area contributed by atoms with Crippen LogP contribution in [0.4, 0.5) is 0 Å². The number of piperidine rings is 1. The van der Waals surface area contributed by atoms with Crippen molar-refractivity contribution in [3.8, 4) is 0 Å². The number of benzene rings is 1. The second-order valence-electron chi connectivity index (χ2n) is 8.75. The number of fused-ring (bicyclic) bond motifs is 3. The van der Waals surface area contributed by atoms with Gasteiger partial charge < -0.3 is 11.1 Å². The molecule has 4 aliphatic rings. The highest BCUT2D eigenvalue weighted by molar-refractivity contribution is 6.24. The SMILES string of the molecule is N[C@@H]1C[C@@H]2CC[C@@]1(NCc1cccc3c1C(=O)N(C1CCC(=O)NC1=O)C3=O)C2. The van der Waals surface area contributed by atoms with Crippen LogP contribution in [0.1, 0.15) is 64.8 Å². The summed E-state index contributed by atoms with van der Waals surface area (Å²) in [5, 5.41) is 5.82. The number of imide groups is 2. The Morgan fingerprint density at radius 1 is 1.17 bits per heavy atom. The zero-order valence-corrected chi connectivity index (χ0v) is 16.1. The third-order valence-corrected chi connectivity index (χ3v) is 7.13. The Morgan fingerprint density at radius 2 is 2.00 bits per heavy atom. The number of nitrogens with zero attached hydrogens (tertiary/aromatic N) is 1. The van der Waals surface area contributed by atoms with Crippen LogP contribution in [-0.4, -0.2) is 46.2 Å². The summed E-state index contributed by atoms with van der Waals surface area (Å²) in [7, 11) is 0. The quantitative estimate of drug-likeness (QED) is 0.635. The molecule has 4 amide bonds. The lowest BCUT2D eigenvalue weighted by Gasteiger charge is -2.34. The van der Waals surface area contributed by atoms with Crippen LogP contribution in [0.5, 0.6) is 0 Å². The van der Waals surface area contributed by atoms with E-state index in [1.54, 1.807) is 12.1 Å². The molecule has 3 fully saturated rings. The largest absolute Gasteiger partial charge is 0.326 e. The molecule has 152 valence electrons. The Bertz CT molecular complexity index is 945. The first kappa shape index (κ1) is 18.4. The monoisotopic (exact) mass is 396 g/mol. The topological polar surface area (TPSA) is 122 Å². The molecule has 1 aromatic rings. The van der Waals surface area contributed by atoms with Crippen molar-refractivity contribution < 1.29 is 19.2 Å². The molecule has 8 nitrogen and oxygen atoms in total. The average molecular weight is 396 g/mol. The summed E-state index contributed by atoms with van der Waals surface area (Å²) in [6, 6.07) is 4.39. The Labute approximate surface area is 168 Å². The van der Waals surface area contributed by atoms with Crippen LogP contribution >= 0.6 is 0 Å². The number of hydrogen-bond donors (Lipinski definition) is 3. The molecule has 2 aliphatic carbocycles. The van der Waals surface area contributed by atoms with Gasteiger partial charge >= 0.3 is 0 Å². The first-order valence-corrected chi connectivity index (χ1v) is 10.2. The Kier molecular flexibility index (Phi) is 4.11. The molecule has 1 unspecified atom stereocenters. The molecule has 4 atom stereocenters. The minimum atomic E-state index is -0.946. The van der Waals surface area contributed by atoms with Crippen molar-refractivity contribution in [3.05, 3.63) is 34.9 Å². The lowest BCUT2D eigenvalue weighted by Crippen LogP contribution is -2.54. The standard InChI is InChI=1S/C21H24N4O4/c22-15-8-11-6-7-21(15,9-11)23-10-12-2-1-3-13-17(12)20(29)25(19(13)28)14-4-5-16(26)24-18(14)27/h1-3,11,14-15,23H,4-10,22H2,(H,24,26,27)/t11-,14?,15+,21+/m0/s1. The summed E-state index contributed by atoms with van der Waals surface area (Å²) in [5.41, 5.74) is 7.68. The zero-order valence-electron chi connectivity index (χ0n) is 16.1. The molecule has 1 saturated heterocycles. The van der Waals surface area contributed by atoms with Crippen molar-refractivity contribution in [1.82, 2.24) is 15.5 Å². The van der Waals surface area contributed by atoms with Gasteiger partial charge in [0, 0.05) is 24.5 Å². The summed E-state index contributed by atoms with van der Waals surface area (Å²) in [6.07, 6.45) is 4.55. The van der Waals surface area contributed by atoms with Gasteiger partial charge in [-0.05, 0) is 49.7 Å². The van der Waals surface area contributed by atoms with Crippen molar-refractivity contribution in [2.45, 2.75) is 62.7 Å². The van der Waals surface area contributed by atoms with Crippen LogP contribution in [0.25, 0.3) is 0 Å². The molecule has 0 radical (unpaired) electrons. The summed E-state index contributed by atoms with van der Waals surface area (Å²) in [4.78, 5) is 50.8. The number of carbonyl (C=O) groups excluding carboxylic acids is 4. The van der Waals surface area contributed by atoms with Gasteiger partial charge in [-0.1, -0.05) is 12.1 Å². The first-order valence-electron chi connectivity index (χ1n) is 10.2. The second kappa shape index (κ2) is 6.47. The van der Waals surface area contributed by atoms with Gasteiger partial charge in [-0.15, -0.1) is 0 Å². The van der Waals surface area contributed by atoms with E-state index in [1.165, 1.54) is 6.42 Å². The van der Waals surface area contributed by atoms with Gasteiger partial charge in [0.15, 0.2) is 0 Å². The maximum Gasteiger partial charge on any atom is 0.262 e. The molecule has 29 heavy (non-hydrogen) atoms. The van der Waals surface area contributed by atoms with Crippen LogP contribution in [0.3, 0.4) is 0 Å². The molecule has 2 heterocycles. The third kappa shape index (κ3) is 2.73. The van der Waals surface area contributed by atoms with Gasteiger partial charge in [0.25, 0.3) is 11.8 Å². The Morgan fingerprint density at radius 3 is 2.69 bits per heavy atom. The van der Waals surface area contributed by atoms with E-state index in [2.05, 4.69) is 10.6 Å². The fraction of sp³-hybridized carbons (Fsp3) is 0.524. The average Bonchev–Trinajstić information content (AvgIpc) is 3.32. The van der Waals surface area contributed by atoms with Crippen LogP contribution in [0.15, 0.2) is 18.2 Å². The van der Waals surface area contributed by atoms with Crippen LogP contribution in [0, 0.1) is 5.92 Å². The first-order chi connectivity index (χ1) is 13.9. The van der Waals surface area contributed by atoms with Gasteiger partial charge in [0.2, 0.25) is 11.8 Å². The predicted octanol–water partition coefficient (Wildman–Crippen LogP) is 0.447. The van der Waals surface area contributed by atoms with Crippen molar-refractivity contribution >= 4 is 23.6 Å². The highest BCUT2D eigenvalue weighted by Crippen LogP contribution is 2.47. The van der Waals surface area contributed by atoms with Crippen molar-refractivity contribution in [1.29, 1.82) is 0 Å². The van der Waals surface area contributed by atoms with Gasteiger partial charge in [-0.25, -0.2) is 0 Å². The fourth-order valence-electron chi connectivity index (χ4n) is 5.60. The van der Waals surface area contributed by atoms with E-state index >= 15 is 0 Å². The van der Waals surface area contributed by atoms with Gasteiger partial charge in [-0.2, -0.15) is 0 Å². The fourth-order valence-corrected chi connectivity index (χ4v) is 5.60. The molecular weight excluding hydrogens is 372 g/mol. The Balaban J connectivity index is 1.41. The number of carbonyl (C=O) groups is 4. The predicted molar refractivity (Wildman–Crippen MR) is 103 cm³/mol. The van der Waals surface area contributed by atoms with Crippen molar-refractivity contribution in [3.63, 3.8) is 0 Å². The van der Waals surface area contributed by atoms with E-state index < -0.39 is 23.8 Å². The molecule has 2 saturated carbocycles. The number of amides is 4. The maximum absolute atomic E-state index is 13.2. The van der Waals surface area contributed by atoms with Crippen molar-refractivity contribution in [2.75, 3.05) is 0 Å². The second-order valence-corrected chi connectivity index (χ2v) is 8.75. The summed E-state index contributed by atoms with van der Waals surface area (Å²) >= 11 is 0. The zero-order chi connectivity index (χ0) is 20.3. The molecule has 1 aromatic carbocycles. The molecule has 0 spiro atoms. The highest BCUT2D eigenvalue weighted by atomic mass is 16.2. The normalized spacial score (nSPS) is 33.4. The van der Waals surface area contributed by atoms with E-state index in [9.17, 15) is 19.2 Å². The molecule has 0 aromatic heterocycles. The van der Waals surface area contributed by atoms with E-state index in [4.69, 9.17) is 5.73 Å². The van der Waals surface area contributed by atoms with Crippen LogP contribution in [-0.2, 0) is 16.1 Å².